The van der Waals surface area contributed by atoms with Crippen LogP contribution in [0.4, 0.5) is 0 Å². The third-order valence-corrected chi connectivity index (χ3v) is 3.73. The van der Waals surface area contributed by atoms with E-state index in [4.69, 9.17) is 4.74 Å². The Morgan fingerprint density at radius 1 is 1.41 bits per heavy atom. The lowest BCUT2D eigenvalue weighted by Crippen LogP contribution is -2.28. The summed E-state index contributed by atoms with van der Waals surface area (Å²) in [5, 5.41) is 20.3. The van der Waals surface area contributed by atoms with E-state index in [1.54, 1.807) is 24.3 Å². The van der Waals surface area contributed by atoms with Gasteiger partial charge in [-0.2, -0.15) is 4.68 Å². The van der Waals surface area contributed by atoms with Gasteiger partial charge in [-0.05, 0) is 28.6 Å². The Morgan fingerprint density at radius 2 is 2.22 bits per heavy atom. The van der Waals surface area contributed by atoms with Gasteiger partial charge in [0.1, 0.15) is 35.8 Å². The van der Waals surface area contributed by atoms with Crippen LogP contribution in [-0.4, -0.2) is 47.4 Å². The summed E-state index contributed by atoms with van der Waals surface area (Å²) >= 11 is 0. The van der Waals surface area contributed by atoms with Crippen molar-refractivity contribution in [1.29, 1.82) is 0 Å². The highest BCUT2D eigenvalue weighted by Crippen LogP contribution is 2.25. The van der Waals surface area contributed by atoms with Crippen LogP contribution in [0, 0.1) is 0 Å². The summed E-state index contributed by atoms with van der Waals surface area (Å²) in [7, 11) is 0. The van der Waals surface area contributed by atoms with Gasteiger partial charge < -0.3 is 9.84 Å². The summed E-state index contributed by atoms with van der Waals surface area (Å²) in [5.74, 6) is -0.442. The van der Waals surface area contributed by atoms with E-state index in [2.05, 4.69) is 27.1 Å². The molecule has 138 valence electrons. The third-order valence-electron chi connectivity index (χ3n) is 3.73. The molecule has 0 aliphatic heterocycles. The largest absolute Gasteiger partial charge is 0.487 e. The lowest BCUT2D eigenvalue weighted by Gasteiger charge is -2.15. The summed E-state index contributed by atoms with van der Waals surface area (Å²) in [6.07, 6.45) is 4.49. The smallest absolute Gasteiger partial charge is 0.342 e. The molecule has 0 amide bonds. The average molecular weight is 368 g/mol. The highest BCUT2D eigenvalue weighted by atomic mass is 16.5. The maximum Gasteiger partial charge on any atom is 0.342 e. The summed E-state index contributed by atoms with van der Waals surface area (Å²) in [6.45, 7) is 5.70. The summed E-state index contributed by atoms with van der Waals surface area (Å²) in [6, 6.07) is 4.91. The number of carboxylic acids is 1. The molecule has 2 aromatic heterocycles. The predicted molar refractivity (Wildman–Crippen MR) is 94.6 cm³/mol. The number of aromatic nitrogens is 6. The maximum absolute atomic E-state index is 12.7. The Bertz CT molecular complexity index is 1040. The molecule has 10 heteroatoms. The molecule has 10 nitrogen and oxygen atoms in total. The van der Waals surface area contributed by atoms with Crippen LogP contribution in [0.2, 0.25) is 0 Å². The number of hydrogen-bond acceptors (Lipinski definition) is 7. The molecule has 2 heterocycles. The molecule has 0 aliphatic carbocycles. The maximum atomic E-state index is 12.7. The molecule has 1 N–H and O–H groups in total. The molecule has 0 fully saturated rings. The van der Waals surface area contributed by atoms with Gasteiger partial charge in [-0.1, -0.05) is 19.6 Å². The summed E-state index contributed by atoms with van der Waals surface area (Å²) in [5.41, 5.74) is -0.183. The Hall–Kier alpha value is -3.82. The first-order valence-electron chi connectivity index (χ1n) is 8.02. The first-order valence-corrected chi connectivity index (χ1v) is 8.02. The van der Waals surface area contributed by atoms with Crippen LogP contribution >= 0.6 is 0 Å². The van der Waals surface area contributed by atoms with Gasteiger partial charge in [-0.25, -0.2) is 9.78 Å². The molecule has 27 heavy (non-hydrogen) atoms. The number of aryl methyl sites for hydroxylation is 1. The van der Waals surface area contributed by atoms with Crippen molar-refractivity contribution in [3.8, 4) is 17.1 Å². The second-order valence-electron chi connectivity index (χ2n) is 5.39. The van der Waals surface area contributed by atoms with Gasteiger partial charge in [0.25, 0.3) is 5.56 Å². The molecule has 1 aromatic carbocycles. The number of benzene rings is 1. The molecule has 0 unspecified atom stereocenters. The van der Waals surface area contributed by atoms with Crippen LogP contribution < -0.4 is 10.3 Å². The normalized spacial score (nSPS) is 10.6. The second-order valence-corrected chi connectivity index (χ2v) is 5.39. The Morgan fingerprint density at radius 3 is 2.85 bits per heavy atom. The Kier molecular flexibility index (Phi) is 5.06. The molecule has 0 aliphatic rings. The molecule has 3 rings (SSSR count). The van der Waals surface area contributed by atoms with Gasteiger partial charge >= 0.3 is 5.97 Å². The SMILES string of the molecule is C=CCOc1ccc(-n2c(CC)ncc(C(=O)O)c2=O)cc1-n1cnnn1. The number of carbonyl (C=O) groups is 1. The van der Waals surface area contributed by atoms with Crippen LogP contribution in [-0.2, 0) is 6.42 Å². The minimum Gasteiger partial charge on any atom is -0.487 e. The topological polar surface area (TPSA) is 125 Å². The first kappa shape index (κ1) is 18.0. The van der Waals surface area contributed by atoms with Crippen molar-refractivity contribution < 1.29 is 14.6 Å². The first-order chi connectivity index (χ1) is 13.1. The number of ether oxygens (including phenoxy) is 1. The van der Waals surface area contributed by atoms with Crippen molar-refractivity contribution in [3.05, 3.63) is 65.1 Å². The number of aromatic carboxylic acids is 1. The standard InChI is InChI=1S/C17H16N6O4/c1-3-7-27-14-6-5-11(8-13(14)22-10-19-20-21-22)23-15(4-2)18-9-12(16(23)24)17(25)26/h3,5-6,8-10H,1,4,7H2,2H3,(H,25,26). The van der Waals surface area contributed by atoms with E-state index in [0.29, 0.717) is 29.4 Å². The zero-order chi connectivity index (χ0) is 19.4. The lowest BCUT2D eigenvalue weighted by molar-refractivity contribution is 0.0694. The molecule has 0 saturated heterocycles. The van der Waals surface area contributed by atoms with Crippen LogP contribution in [0.25, 0.3) is 11.4 Å². The van der Waals surface area contributed by atoms with Crippen LogP contribution in [0.5, 0.6) is 5.75 Å². The lowest BCUT2D eigenvalue weighted by atomic mass is 10.2. The number of tetrazole rings is 1. The van der Waals surface area contributed by atoms with E-state index in [-0.39, 0.29) is 6.61 Å². The zero-order valence-corrected chi connectivity index (χ0v) is 14.4. The third kappa shape index (κ3) is 3.45. The van der Waals surface area contributed by atoms with Gasteiger partial charge in [0.2, 0.25) is 0 Å². The minimum atomic E-state index is -1.34. The van der Waals surface area contributed by atoms with E-state index < -0.39 is 17.1 Å². The molecular formula is C17H16N6O4. The summed E-state index contributed by atoms with van der Waals surface area (Å²) < 4.78 is 8.26. The minimum absolute atomic E-state index is 0.269. The number of rotatable bonds is 7. The molecular weight excluding hydrogens is 352 g/mol. The molecule has 0 atom stereocenters. The highest BCUT2D eigenvalue weighted by Gasteiger charge is 2.18. The molecule has 0 radical (unpaired) electrons. The monoisotopic (exact) mass is 368 g/mol. The molecule has 0 saturated carbocycles. The number of nitrogens with zero attached hydrogens (tertiary/aromatic N) is 6. The highest BCUT2D eigenvalue weighted by molar-refractivity contribution is 5.86. The predicted octanol–water partition coefficient (Wildman–Crippen LogP) is 1.03. The fourth-order valence-electron chi connectivity index (χ4n) is 2.52. The number of carboxylic acid groups (broad SMARTS) is 1. The van der Waals surface area contributed by atoms with Gasteiger partial charge in [0.15, 0.2) is 0 Å². The Balaban J connectivity index is 2.23. The molecule has 0 spiro atoms. The zero-order valence-electron chi connectivity index (χ0n) is 14.4. The average Bonchev–Trinajstić information content (AvgIpc) is 3.20. The second kappa shape index (κ2) is 7.60. The van der Waals surface area contributed by atoms with E-state index in [1.165, 1.54) is 15.6 Å². The fraction of sp³-hybridized carbons (Fsp3) is 0.176. The van der Waals surface area contributed by atoms with Gasteiger partial charge in [-0.15, -0.1) is 5.10 Å². The van der Waals surface area contributed by atoms with Crippen LogP contribution in [0.1, 0.15) is 23.1 Å². The van der Waals surface area contributed by atoms with Crippen molar-refractivity contribution in [1.82, 2.24) is 29.8 Å². The van der Waals surface area contributed by atoms with Crippen LogP contribution in [0.3, 0.4) is 0 Å². The van der Waals surface area contributed by atoms with Crippen molar-refractivity contribution in [2.24, 2.45) is 0 Å². The van der Waals surface area contributed by atoms with Crippen molar-refractivity contribution in [2.45, 2.75) is 13.3 Å². The molecule has 0 bridgehead atoms. The van der Waals surface area contributed by atoms with Crippen molar-refractivity contribution in [2.75, 3.05) is 6.61 Å². The van der Waals surface area contributed by atoms with Crippen molar-refractivity contribution in [3.63, 3.8) is 0 Å². The van der Waals surface area contributed by atoms with E-state index in [1.807, 2.05) is 6.92 Å². The Labute approximate surface area is 153 Å². The molecule has 3 aromatic rings. The van der Waals surface area contributed by atoms with Crippen LogP contribution in [0.15, 0.2) is 48.2 Å². The number of hydrogen-bond donors (Lipinski definition) is 1. The van der Waals surface area contributed by atoms with Gasteiger partial charge in [-0.3, -0.25) is 9.36 Å². The van der Waals surface area contributed by atoms with Crippen molar-refractivity contribution >= 4 is 5.97 Å². The van der Waals surface area contributed by atoms with Gasteiger partial charge in [0.05, 0.1) is 5.69 Å². The van der Waals surface area contributed by atoms with E-state index >= 15 is 0 Å². The quantitative estimate of drug-likeness (QED) is 0.613. The fourth-order valence-corrected chi connectivity index (χ4v) is 2.52. The van der Waals surface area contributed by atoms with Gasteiger partial charge in [0, 0.05) is 12.6 Å². The summed E-state index contributed by atoms with van der Waals surface area (Å²) in [4.78, 5) is 28.1. The van der Waals surface area contributed by atoms with E-state index in [9.17, 15) is 14.7 Å². The van der Waals surface area contributed by atoms with E-state index in [0.717, 1.165) is 6.20 Å².